The Bertz CT molecular complexity index is 470. The maximum atomic E-state index is 5.96. The van der Waals surface area contributed by atoms with Crippen molar-refractivity contribution in [1.29, 1.82) is 0 Å². The fourth-order valence-electron chi connectivity index (χ4n) is 1.42. The zero-order valence-electron chi connectivity index (χ0n) is 8.90. The van der Waals surface area contributed by atoms with Crippen molar-refractivity contribution in [2.24, 2.45) is 0 Å². The van der Waals surface area contributed by atoms with Crippen LogP contribution in [0.15, 0.2) is 24.3 Å². The molecule has 0 aliphatic carbocycles. The molecule has 0 spiro atoms. The van der Waals surface area contributed by atoms with Gasteiger partial charge in [0, 0.05) is 17.1 Å². The molecule has 1 aromatic carbocycles. The number of nitrogens with zero attached hydrogens (tertiary/aromatic N) is 2. The summed E-state index contributed by atoms with van der Waals surface area (Å²) < 4.78 is 3.99. The van der Waals surface area contributed by atoms with E-state index in [0.29, 0.717) is 0 Å². The van der Waals surface area contributed by atoms with Crippen molar-refractivity contribution >= 4 is 23.1 Å². The fourth-order valence-corrected chi connectivity index (χ4v) is 2.24. The van der Waals surface area contributed by atoms with E-state index in [-0.39, 0.29) is 0 Å². The molecule has 1 aromatic heterocycles. The Morgan fingerprint density at radius 1 is 1.44 bits per heavy atom. The number of nitrogens with one attached hydrogen (secondary N) is 1. The summed E-state index contributed by atoms with van der Waals surface area (Å²) in [5.41, 5.74) is 1.95. The van der Waals surface area contributed by atoms with Crippen LogP contribution < -0.4 is 5.32 Å². The van der Waals surface area contributed by atoms with E-state index in [9.17, 15) is 0 Å². The summed E-state index contributed by atoms with van der Waals surface area (Å²) in [5, 5.41) is 8.15. The Morgan fingerprint density at radius 3 is 3.06 bits per heavy atom. The SMILES string of the molecule is CCNCc1snnc1-c1cccc(Cl)c1. The third-order valence-corrected chi connectivity index (χ3v) is 3.15. The number of benzene rings is 1. The summed E-state index contributed by atoms with van der Waals surface area (Å²) in [6.07, 6.45) is 0. The van der Waals surface area contributed by atoms with Gasteiger partial charge in [0.25, 0.3) is 0 Å². The fraction of sp³-hybridized carbons (Fsp3) is 0.273. The maximum Gasteiger partial charge on any atom is 0.110 e. The second-order valence-electron chi connectivity index (χ2n) is 3.34. The molecule has 0 saturated heterocycles. The molecule has 5 heteroatoms. The molecule has 0 aliphatic rings. The van der Waals surface area contributed by atoms with Crippen LogP contribution in [0.25, 0.3) is 11.3 Å². The first kappa shape index (κ1) is 11.5. The van der Waals surface area contributed by atoms with Gasteiger partial charge in [0.2, 0.25) is 0 Å². The van der Waals surface area contributed by atoms with E-state index in [1.54, 1.807) is 0 Å². The Balaban J connectivity index is 2.29. The first-order valence-electron chi connectivity index (χ1n) is 5.09. The maximum absolute atomic E-state index is 5.96. The molecule has 3 nitrogen and oxygen atoms in total. The van der Waals surface area contributed by atoms with E-state index < -0.39 is 0 Å². The molecular formula is C11H12ClN3S. The third-order valence-electron chi connectivity index (χ3n) is 2.19. The van der Waals surface area contributed by atoms with E-state index in [2.05, 4.69) is 21.8 Å². The number of rotatable bonds is 4. The average Bonchev–Trinajstić information content (AvgIpc) is 2.74. The molecule has 0 saturated carbocycles. The molecule has 84 valence electrons. The van der Waals surface area contributed by atoms with Crippen molar-refractivity contribution < 1.29 is 0 Å². The Hall–Kier alpha value is -0.970. The van der Waals surface area contributed by atoms with Gasteiger partial charge in [-0.25, -0.2) is 0 Å². The largest absolute Gasteiger partial charge is 0.312 e. The van der Waals surface area contributed by atoms with Crippen LogP contribution in [0.4, 0.5) is 0 Å². The van der Waals surface area contributed by atoms with E-state index in [4.69, 9.17) is 11.6 Å². The lowest BCUT2D eigenvalue weighted by Crippen LogP contribution is -2.11. The highest BCUT2D eigenvalue weighted by Gasteiger charge is 2.09. The lowest BCUT2D eigenvalue weighted by atomic mass is 10.1. The Kier molecular flexibility index (Phi) is 3.88. The molecule has 0 atom stereocenters. The molecule has 16 heavy (non-hydrogen) atoms. The normalized spacial score (nSPS) is 10.6. The molecule has 0 fully saturated rings. The lowest BCUT2D eigenvalue weighted by Gasteiger charge is -2.02. The minimum absolute atomic E-state index is 0.722. The monoisotopic (exact) mass is 253 g/mol. The highest BCUT2D eigenvalue weighted by molar-refractivity contribution is 7.05. The van der Waals surface area contributed by atoms with Gasteiger partial charge < -0.3 is 5.32 Å². The van der Waals surface area contributed by atoms with Crippen molar-refractivity contribution in [2.45, 2.75) is 13.5 Å². The summed E-state index contributed by atoms with van der Waals surface area (Å²) in [4.78, 5) is 1.14. The first-order valence-corrected chi connectivity index (χ1v) is 6.24. The van der Waals surface area contributed by atoms with Gasteiger partial charge in [0.1, 0.15) is 5.69 Å². The van der Waals surface area contributed by atoms with Gasteiger partial charge in [0.05, 0.1) is 4.88 Å². The van der Waals surface area contributed by atoms with Crippen LogP contribution in [-0.2, 0) is 6.54 Å². The Morgan fingerprint density at radius 2 is 2.31 bits per heavy atom. The molecule has 1 heterocycles. The summed E-state index contributed by atoms with van der Waals surface area (Å²) in [6, 6.07) is 7.69. The molecule has 0 bridgehead atoms. The van der Waals surface area contributed by atoms with Crippen molar-refractivity contribution in [3.8, 4) is 11.3 Å². The van der Waals surface area contributed by atoms with Crippen LogP contribution in [0.3, 0.4) is 0 Å². The van der Waals surface area contributed by atoms with Gasteiger partial charge in [-0.1, -0.05) is 35.1 Å². The van der Waals surface area contributed by atoms with E-state index in [1.807, 2.05) is 24.3 Å². The molecular weight excluding hydrogens is 242 g/mol. The summed E-state index contributed by atoms with van der Waals surface area (Å²) in [7, 11) is 0. The van der Waals surface area contributed by atoms with Gasteiger partial charge in [-0.15, -0.1) is 5.10 Å². The van der Waals surface area contributed by atoms with Gasteiger partial charge in [-0.3, -0.25) is 0 Å². The van der Waals surface area contributed by atoms with Crippen molar-refractivity contribution in [3.63, 3.8) is 0 Å². The summed E-state index contributed by atoms with van der Waals surface area (Å²) >= 11 is 7.38. The number of aromatic nitrogens is 2. The lowest BCUT2D eigenvalue weighted by molar-refractivity contribution is 0.735. The predicted molar refractivity (Wildman–Crippen MR) is 67.7 cm³/mol. The second kappa shape index (κ2) is 5.39. The zero-order chi connectivity index (χ0) is 11.4. The van der Waals surface area contributed by atoms with Crippen molar-refractivity contribution in [2.75, 3.05) is 6.54 Å². The summed E-state index contributed by atoms with van der Waals surface area (Å²) in [5.74, 6) is 0. The van der Waals surface area contributed by atoms with Crippen LogP contribution in [0, 0.1) is 0 Å². The van der Waals surface area contributed by atoms with Crippen molar-refractivity contribution in [3.05, 3.63) is 34.2 Å². The zero-order valence-corrected chi connectivity index (χ0v) is 10.5. The topological polar surface area (TPSA) is 37.8 Å². The van der Waals surface area contributed by atoms with Gasteiger partial charge in [0.15, 0.2) is 0 Å². The highest BCUT2D eigenvalue weighted by atomic mass is 35.5. The second-order valence-corrected chi connectivity index (χ2v) is 4.61. The standard InChI is InChI=1S/C11H12ClN3S/c1-2-13-7-10-11(14-15-16-10)8-4-3-5-9(12)6-8/h3-6,13H,2,7H2,1H3. The van der Waals surface area contributed by atoms with Crippen LogP contribution in [-0.4, -0.2) is 16.1 Å². The van der Waals surface area contributed by atoms with Gasteiger partial charge >= 0.3 is 0 Å². The quantitative estimate of drug-likeness (QED) is 0.910. The van der Waals surface area contributed by atoms with Crippen LogP contribution in [0.5, 0.6) is 0 Å². The molecule has 0 radical (unpaired) electrons. The smallest absolute Gasteiger partial charge is 0.110 e. The predicted octanol–water partition coefficient (Wildman–Crippen LogP) is 2.97. The molecule has 1 N–H and O–H groups in total. The molecule has 0 amide bonds. The summed E-state index contributed by atoms with van der Waals surface area (Å²) in [6.45, 7) is 3.82. The van der Waals surface area contributed by atoms with Crippen molar-refractivity contribution in [1.82, 2.24) is 14.9 Å². The van der Waals surface area contributed by atoms with E-state index >= 15 is 0 Å². The van der Waals surface area contributed by atoms with E-state index in [1.165, 1.54) is 11.5 Å². The minimum Gasteiger partial charge on any atom is -0.312 e. The van der Waals surface area contributed by atoms with Crippen LogP contribution in [0.1, 0.15) is 11.8 Å². The third kappa shape index (κ3) is 2.58. The number of hydrogen-bond acceptors (Lipinski definition) is 4. The van der Waals surface area contributed by atoms with E-state index in [0.717, 1.165) is 34.2 Å². The molecule has 2 aromatic rings. The average molecular weight is 254 g/mol. The Labute approximate surface area is 104 Å². The van der Waals surface area contributed by atoms with Gasteiger partial charge in [-0.2, -0.15) is 0 Å². The minimum atomic E-state index is 0.722. The van der Waals surface area contributed by atoms with Gasteiger partial charge in [-0.05, 0) is 30.2 Å². The first-order chi connectivity index (χ1) is 7.81. The number of hydrogen-bond donors (Lipinski definition) is 1. The highest BCUT2D eigenvalue weighted by Crippen LogP contribution is 2.25. The van der Waals surface area contributed by atoms with Crippen LogP contribution >= 0.6 is 23.1 Å². The van der Waals surface area contributed by atoms with Crippen LogP contribution in [0.2, 0.25) is 5.02 Å². The molecule has 0 aliphatic heterocycles. The number of halogens is 1. The molecule has 2 rings (SSSR count). The molecule has 0 unspecified atom stereocenters.